The van der Waals surface area contributed by atoms with Gasteiger partial charge in [0.1, 0.15) is 30.8 Å². The van der Waals surface area contributed by atoms with Gasteiger partial charge in [-0.15, -0.1) is 0 Å². The van der Waals surface area contributed by atoms with Crippen molar-refractivity contribution in [2.45, 2.75) is 49.4 Å². The van der Waals surface area contributed by atoms with E-state index in [0.29, 0.717) is 0 Å². The molecule has 0 saturated carbocycles. The number of hydrogen-bond acceptors (Lipinski definition) is 17. The van der Waals surface area contributed by atoms with E-state index >= 15 is 4.39 Å². The van der Waals surface area contributed by atoms with Gasteiger partial charge >= 0.3 is 10.3 Å². The Labute approximate surface area is 250 Å². The first-order valence-corrected chi connectivity index (χ1v) is 16.8. The monoisotopic (exact) mass is 674 g/mol. The van der Waals surface area contributed by atoms with Crippen LogP contribution in [0.4, 0.5) is 16.2 Å². The van der Waals surface area contributed by atoms with Crippen molar-refractivity contribution in [1.82, 2.24) is 43.8 Å². The number of alkyl halides is 1. The van der Waals surface area contributed by atoms with Crippen molar-refractivity contribution in [3.05, 3.63) is 29.3 Å². The van der Waals surface area contributed by atoms with Crippen LogP contribution in [0, 0.1) is 0 Å². The number of hydrogen-bond donors (Lipinski definition) is 4. The number of nitrogens with two attached hydrogens (primary N) is 2. The number of nitrogens with zero attached hydrogens (tertiary/aromatic N) is 7. The lowest BCUT2D eigenvalue weighted by atomic mass is 10.1. The smallest absolute Gasteiger partial charge is 0.336 e. The van der Waals surface area contributed by atoms with Gasteiger partial charge in [0.05, 0.1) is 38.0 Å². The Balaban J connectivity index is 1.19. The molecule has 1 unspecified atom stereocenters. The summed E-state index contributed by atoms with van der Waals surface area (Å²) < 4.78 is 74.6. The topological polar surface area (TPSA) is 275 Å². The van der Waals surface area contributed by atoms with Gasteiger partial charge in [-0.1, -0.05) is 11.8 Å². The summed E-state index contributed by atoms with van der Waals surface area (Å²) in [5.74, 6) is -0.164. The first kappa shape index (κ1) is 29.5. The zero-order valence-corrected chi connectivity index (χ0v) is 24.5. The van der Waals surface area contributed by atoms with Gasteiger partial charge < -0.3 is 34.9 Å². The molecule has 6 N–H and O–H groups in total. The van der Waals surface area contributed by atoms with Crippen LogP contribution in [0.3, 0.4) is 0 Å². The average Bonchev–Trinajstić information content (AvgIpc) is 3.72. The third-order valence-corrected chi connectivity index (χ3v) is 9.79. The van der Waals surface area contributed by atoms with Crippen LogP contribution in [0.25, 0.3) is 22.3 Å². The van der Waals surface area contributed by atoms with Crippen molar-refractivity contribution in [2.24, 2.45) is 0 Å². The first-order valence-electron chi connectivity index (χ1n) is 12.8. The van der Waals surface area contributed by atoms with Crippen LogP contribution in [0.15, 0.2) is 23.8 Å². The van der Waals surface area contributed by atoms with Crippen LogP contribution >= 0.6 is 6.72 Å². The van der Waals surface area contributed by atoms with E-state index in [9.17, 15) is 18.1 Å². The summed E-state index contributed by atoms with van der Waals surface area (Å²) >= 11 is 5.14. The van der Waals surface area contributed by atoms with Crippen LogP contribution in [0.5, 0.6) is 0 Å². The molecule has 4 aromatic rings. The maximum absolute atomic E-state index is 15.9. The quantitative estimate of drug-likeness (QED) is 0.165. The molecular formula is C20H22FN11O9PS2-. The van der Waals surface area contributed by atoms with Crippen molar-refractivity contribution in [3.8, 4) is 0 Å². The number of imidazole rings is 2. The summed E-state index contributed by atoms with van der Waals surface area (Å²) in [5.41, 5.74) is 11.1. The summed E-state index contributed by atoms with van der Waals surface area (Å²) in [4.78, 5) is 48.1. The third kappa shape index (κ3) is 5.23. The molecule has 0 amide bonds. The molecule has 44 heavy (non-hydrogen) atoms. The van der Waals surface area contributed by atoms with E-state index in [2.05, 4.69) is 34.6 Å². The van der Waals surface area contributed by atoms with Crippen molar-refractivity contribution in [3.63, 3.8) is 0 Å². The molecule has 0 radical (unpaired) electrons. The minimum atomic E-state index is -4.63. The molecule has 4 aromatic heterocycles. The number of nitrogen functional groups attached to an aromatic ring is 2. The number of ether oxygens (including phenoxy) is 2. The van der Waals surface area contributed by atoms with Gasteiger partial charge in [0.15, 0.2) is 41.3 Å². The Kier molecular flexibility index (Phi) is 7.15. The van der Waals surface area contributed by atoms with Gasteiger partial charge in [-0.3, -0.25) is 23.1 Å². The number of rotatable bonds is 2. The van der Waals surface area contributed by atoms with Crippen molar-refractivity contribution in [1.29, 1.82) is 0 Å². The van der Waals surface area contributed by atoms with Crippen molar-refractivity contribution < 1.29 is 40.4 Å². The molecule has 8 atom stereocenters. The molecule has 0 aromatic carbocycles. The van der Waals surface area contributed by atoms with E-state index in [0.717, 1.165) is 6.33 Å². The normalized spacial score (nSPS) is 34.4. The van der Waals surface area contributed by atoms with Crippen LogP contribution in [0.2, 0.25) is 0 Å². The van der Waals surface area contributed by atoms with Crippen LogP contribution in [0.1, 0.15) is 18.9 Å². The molecule has 3 fully saturated rings. The fourth-order valence-electron chi connectivity index (χ4n) is 5.30. The van der Waals surface area contributed by atoms with Gasteiger partial charge in [-0.2, -0.15) is 18.1 Å². The summed E-state index contributed by atoms with van der Waals surface area (Å²) in [6.45, 7) is -5.58. The van der Waals surface area contributed by atoms with E-state index in [4.69, 9.17) is 46.0 Å². The molecule has 236 valence electrons. The Bertz CT molecular complexity index is 1980. The van der Waals surface area contributed by atoms with E-state index in [1.54, 1.807) is 0 Å². The zero-order valence-electron chi connectivity index (χ0n) is 22.0. The molecular weight excluding hydrogens is 652 g/mol. The van der Waals surface area contributed by atoms with Crippen LogP contribution in [-0.4, -0.2) is 91.2 Å². The average molecular weight is 675 g/mol. The molecule has 3 saturated heterocycles. The minimum absolute atomic E-state index is 0.0169. The molecule has 7 heterocycles. The number of fused-ring (bicyclic) bond motifs is 5. The lowest BCUT2D eigenvalue weighted by molar-refractivity contribution is -0.216. The molecule has 20 nitrogen and oxygen atoms in total. The second-order valence-corrected chi connectivity index (χ2v) is 14.1. The number of nitrogens with one attached hydrogen (secondary N) is 2. The second-order valence-electron chi connectivity index (χ2n) is 10.0. The highest BCUT2D eigenvalue weighted by Gasteiger charge is 2.50. The number of aromatic nitrogens is 8. The standard InChI is InChI=1S/C20H23FN11O9PS2/c21-10-11-9(40-19(10)31-5-26-12-14(22)24-4-25-15(12)31)3-37-42(34,43)41-8-1-7(2-38-44(35,36)30-11)39-18(8)32-6-27-13-16(32)28-20(23)29-17(13)33/h4-11,18-19,30H,1-3H2,(H,34,43)(H2,22,24,25)(H3,23,28,29,33)/p-1/t7-,8+,9+,10+,11+,18+,19+,42?/m0/s1. The Hall–Kier alpha value is -3.25. The summed E-state index contributed by atoms with van der Waals surface area (Å²) in [6.07, 6.45) is -4.60. The summed E-state index contributed by atoms with van der Waals surface area (Å²) in [6, 6.07) is -1.59. The fraction of sp³-hybridized carbons (Fsp3) is 0.500. The molecule has 7 rings (SSSR count). The van der Waals surface area contributed by atoms with Gasteiger partial charge in [0.25, 0.3) is 5.56 Å². The lowest BCUT2D eigenvalue weighted by Crippen LogP contribution is -2.48. The van der Waals surface area contributed by atoms with E-state index in [-0.39, 0.29) is 40.5 Å². The van der Waals surface area contributed by atoms with Crippen molar-refractivity contribution in [2.75, 3.05) is 24.7 Å². The van der Waals surface area contributed by atoms with Gasteiger partial charge in [0, 0.05) is 6.42 Å². The maximum Gasteiger partial charge on any atom is 0.336 e. The minimum Gasteiger partial charge on any atom is -0.780 e. The highest BCUT2D eigenvalue weighted by molar-refractivity contribution is 8.06. The predicted molar refractivity (Wildman–Crippen MR) is 147 cm³/mol. The molecule has 2 bridgehead atoms. The molecule has 24 heteroatoms. The van der Waals surface area contributed by atoms with Gasteiger partial charge in [0.2, 0.25) is 5.95 Å². The van der Waals surface area contributed by atoms with E-state index in [1.165, 1.54) is 21.8 Å². The first-order chi connectivity index (χ1) is 20.9. The van der Waals surface area contributed by atoms with Crippen LogP contribution in [-0.2, 0) is 44.8 Å². The molecule has 3 aliphatic rings. The van der Waals surface area contributed by atoms with Gasteiger partial charge in [-0.05, 0) is 0 Å². The van der Waals surface area contributed by atoms with Gasteiger partial charge in [-0.25, -0.2) is 24.3 Å². The van der Waals surface area contributed by atoms with Crippen molar-refractivity contribution >= 4 is 62.9 Å². The Morgan fingerprint density at radius 2 is 1.80 bits per heavy atom. The van der Waals surface area contributed by atoms with E-state index < -0.39 is 78.8 Å². The predicted octanol–water partition coefficient (Wildman–Crippen LogP) is -2.13. The molecule has 0 aliphatic carbocycles. The van der Waals surface area contributed by atoms with E-state index in [1.807, 2.05) is 0 Å². The Morgan fingerprint density at radius 3 is 2.59 bits per heavy atom. The van der Waals surface area contributed by atoms with Crippen LogP contribution < -0.4 is 26.6 Å². The maximum atomic E-state index is 15.9. The number of anilines is 2. The fourth-order valence-corrected chi connectivity index (χ4v) is 7.74. The highest BCUT2D eigenvalue weighted by Crippen LogP contribution is 2.47. The third-order valence-electron chi connectivity index (χ3n) is 7.21. The number of halogens is 1. The number of H-pyrrole nitrogens is 1. The molecule has 3 aliphatic heterocycles. The largest absolute Gasteiger partial charge is 0.780 e. The molecule has 0 spiro atoms. The lowest BCUT2D eigenvalue weighted by Gasteiger charge is -2.33. The zero-order chi connectivity index (χ0) is 31.0. The summed E-state index contributed by atoms with van der Waals surface area (Å²) in [7, 11) is -4.63. The SMILES string of the molecule is Nc1nc2c(ncn2[C@@H]2O[C@@H]3COS(=O)(=O)N[C@H]4[C@@H](F)[C@H](n5cnc6c(N)ncnc65)O[C@@H]4COP([O-])(=S)O[C@@H]2C3)c(=O)[nH]1. The number of aromatic amines is 1. The Morgan fingerprint density at radius 1 is 1.05 bits per heavy atom. The second kappa shape index (κ2) is 10.7. The summed E-state index contributed by atoms with van der Waals surface area (Å²) in [5, 5.41) is 0. The highest BCUT2D eigenvalue weighted by atomic mass is 32.5.